The molecule has 2 heterocycles. The number of nitro groups is 1. The predicted octanol–water partition coefficient (Wildman–Crippen LogP) is 2.57. The second-order valence-electron chi connectivity index (χ2n) is 6.47. The van der Waals surface area contributed by atoms with Gasteiger partial charge in [0, 0.05) is 19.1 Å². The highest BCUT2D eigenvalue weighted by atomic mass is 16.7. The normalized spacial score (nSPS) is 34.0. The van der Waals surface area contributed by atoms with Crippen molar-refractivity contribution in [3.05, 3.63) is 39.9 Å². The lowest BCUT2D eigenvalue weighted by Crippen LogP contribution is -2.57. The summed E-state index contributed by atoms with van der Waals surface area (Å²) in [6.07, 6.45) is -1.22. The van der Waals surface area contributed by atoms with Gasteiger partial charge in [-0.25, -0.2) is 0 Å². The Morgan fingerprint density at radius 3 is 2.23 bits per heavy atom. The highest BCUT2D eigenvalue weighted by Gasteiger charge is 2.78. The van der Waals surface area contributed by atoms with E-state index in [9.17, 15) is 25.9 Å². The zero-order chi connectivity index (χ0) is 19.3. The fraction of sp³-hybridized carbons (Fsp3) is 0.412. The van der Waals surface area contributed by atoms with E-state index in [1.165, 1.54) is 24.3 Å². The van der Waals surface area contributed by atoms with Crippen molar-refractivity contribution in [1.29, 1.82) is 21.2 Å². The highest BCUT2D eigenvalue weighted by molar-refractivity contribution is 5.89. The minimum atomic E-state index is -2.05. The summed E-state index contributed by atoms with van der Waals surface area (Å²) in [6.45, 7) is 3.14. The summed E-state index contributed by atoms with van der Waals surface area (Å²) in [7, 11) is 0. The molecule has 4 atom stereocenters. The van der Waals surface area contributed by atoms with Crippen LogP contribution < -0.4 is 0 Å². The molecule has 0 amide bonds. The van der Waals surface area contributed by atoms with Crippen molar-refractivity contribution in [2.45, 2.75) is 25.7 Å². The third kappa shape index (κ3) is 1.77. The number of fused-ring (bicyclic) bond motifs is 2. The summed E-state index contributed by atoms with van der Waals surface area (Å²) in [5.74, 6) is -2.61. The Bertz CT molecular complexity index is 924. The van der Waals surface area contributed by atoms with Crippen LogP contribution in [0.1, 0.15) is 25.5 Å². The number of nitro benzene ring substituents is 1. The number of ether oxygens (including phenoxy) is 2. The van der Waals surface area contributed by atoms with E-state index in [1.54, 1.807) is 13.8 Å². The lowest BCUT2D eigenvalue weighted by molar-refractivity contribution is -0.384. The largest absolute Gasteiger partial charge is 0.448 e. The zero-order valence-corrected chi connectivity index (χ0v) is 13.9. The van der Waals surface area contributed by atoms with Crippen LogP contribution in [0.3, 0.4) is 0 Å². The predicted molar refractivity (Wildman–Crippen MR) is 85.0 cm³/mol. The van der Waals surface area contributed by atoms with E-state index in [2.05, 4.69) is 0 Å². The SMILES string of the molecule is C[C@H]1[C@@]2(C)OC(=N)[C@@]1(C#N)C(C#N)(C#N)[C@@H](c1ccc([N+](=O)[O-])cc1)O2. The first kappa shape index (κ1) is 17.3. The van der Waals surface area contributed by atoms with Gasteiger partial charge < -0.3 is 9.47 Å². The van der Waals surface area contributed by atoms with Crippen LogP contribution in [0, 0.1) is 66.3 Å². The maximum Gasteiger partial charge on any atom is 0.269 e. The Morgan fingerprint density at radius 2 is 1.77 bits per heavy atom. The van der Waals surface area contributed by atoms with E-state index in [0.717, 1.165) is 0 Å². The highest BCUT2D eigenvalue weighted by Crippen LogP contribution is 2.66. The molecule has 26 heavy (non-hydrogen) atoms. The number of rotatable bonds is 2. The average molecular weight is 351 g/mol. The summed E-state index contributed by atoms with van der Waals surface area (Å²) in [5.41, 5.74) is -3.72. The van der Waals surface area contributed by atoms with Crippen molar-refractivity contribution in [3.8, 4) is 18.2 Å². The summed E-state index contributed by atoms with van der Waals surface area (Å²) < 4.78 is 11.4. The Labute approximate surface area is 148 Å². The Balaban J connectivity index is 2.25. The van der Waals surface area contributed by atoms with E-state index >= 15 is 0 Å². The first-order chi connectivity index (χ1) is 12.2. The molecule has 2 saturated heterocycles. The monoisotopic (exact) mass is 351 g/mol. The third-order valence-corrected chi connectivity index (χ3v) is 5.40. The molecule has 9 nitrogen and oxygen atoms in total. The van der Waals surface area contributed by atoms with E-state index in [0.29, 0.717) is 5.56 Å². The smallest absolute Gasteiger partial charge is 0.269 e. The molecule has 9 heteroatoms. The van der Waals surface area contributed by atoms with Gasteiger partial charge in [-0.15, -0.1) is 0 Å². The van der Waals surface area contributed by atoms with Gasteiger partial charge >= 0.3 is 0 Å². The second-order valence-corrected chi connectivity index (χ2v) is 6.47. The number of nitrogens with one attached hydrogen (secondary N) is 1. The van der Waals surface area contributed by atoms with Gasteiger partial charge in [0.1, 0.15) is 6.10 Å². The summed E-state index contributed by atoms with van der Waals surface area (Å²) >= 11 is 0. The van der Waals surface area contributed by atoms with Gasteiger partial charge in [-0.05, 0) is 17.7 Å². The first-order valence-corrected chi connectivity index (χ1v) is 7.66. The standard InChI is InChI=1S/C17H13N5O4/c1-10-15(2)25-13(11-3-5-12(6-4-11)22(23)24)16(7-18,8-19)17(10,9-20)14(21)26-15/h3-6,10,13,21H,1-2H3/t10-,13+,15+,17-/m0/s1. The molecule has 0 radical (unpaired) electrons. The Hall–Kier alpha value is -3.48. The van der Waals surface area contributed by atoms with Crippen LogP contribution in [-0.4, -0.2) is 16.6 Å². The molecule has 2 fully saturated rings. The van der Waals surface area contributed by atoms with E-state index < -0.39 is 39.5 Å². The van der Waals surface area contributed by atoms with Crippen LogP contribution in [0.5, 0.6) is 0 Å². The Morgan fingerprint density at radius 1 is 1.19 bits per heavy atom. The molecule has 0 saturated carbocycles. The van der Waals surface area contributed by atoms with Crippen LogP contribution in [-0.2, 0) is 9.47 Å². The topological polar surface area (TPSA) is 157 Å². The molecule has 2 aliphatic rings. The minimum Gasteiger partial charge on any atom is -0.448 e. The van der Waals surface area contributed by atoms with Crippen molar-refractivity contribution in [3.63, 3.8) is 0 Å². The van der Waals surface area contributed by atoms with Gasteiger partial charge in [0.25, 0.3) is 5.69 Å². The molecule has 130 valence electrons. The maximum absolute atomic E-state index is 10.9. The molecule has 1 aromatic carbocycles. The van der Waals surface area contributed by atoms with Crippen LogP contribution in [0.4, 0.5) is 5.69 Å². The van der Waals surface area contributed by atoms with Gasteiger partial charge in [-0.2, -0.15) is 15.8 Å². The van der Waals surface area contributed by atoms with Crippen molar-refractivity contribution in [2.24, 2.45) is 16.7 Å². The molecule has 0 aliphatic carbocycles. The number of nitrogens with zero attached hydrogens (tertiary/aromatic N) is 4. The molecule has 0 unspecified atom stereocenters. The molecule has 3 rings (SSSR count). The lowest BCUT2D eigenvalue weighted by atomic mass is 9.54. The molecule has 2 bridgehead atoms. The van der Waals surface area contributed by atoms with Gasteiger partial charge in [-0.3, -0.25) is 15.5 Å². The molecular formula is C17H13N5O4. The number of nitriles is 3. The van der Waals surface area contributed by atoms with Crippen LogP contribution in [0.15, 0.2) is 24.3 Å². The molecular weight excluding hydrogens is 338 g/mol. The fourth-order valence-corrected chi connectivity index (χ4v) is 3.78. The summed E-state index contributed by atoms with van der Waals surface area (Å²) in [6, 6.07) is 11.0. The van der Waals surface area contributed by atoms with E-state index in [1.807, 2.05) is 18.2 Å². The van der Waals surface area contributed by atoms with Crippen molar-refractivity contribution in [2.75, 3.05) is 0 Å². The van der Waals surface area contributed by atoms with Gasteiger partial charge in [0.15, 0.2) is 5.41 Å². The average Bonchev–Trinajstić information content (AvgIpc) is 2.77. The maximum atomic E-state index is 10.9. The molecule has 0 aromatic heterocycles. The quantitative estimate of drug-likeness (QED) is 0.633. The van der Waals surface area contributed by atoms with Crippen LogP contribution >= 0.6 is 0 Å². The summed E-state index contributed by atoms with van der Waals surface area (Å²) in [5, 5.41) is 48.7. The van der Waals surface area contributed by atoms with Gasteiger partial charge in [0.2, 0.25) is 17.1 Å². The number of non-ortho nitro benzene ring substituents is 1. The second kappa shape index (κ2) is 5.26. The molecule has 1 aromatic rings. The fourth-order valence-electron chi connectivity index (χ4n) is 3.78. The molecule has 0 spiro atoms. The van der Waals surface area contributed by atoms with Crippen molar-refractivity contribution < 1.29 is 14.4 Å². The zero-order valence-electron chi connectivity index (χ0n) is 13.9. The number of hydrogen-bond donors (Lipinski definition) is 1. The number of benzene rings is 1. The van der Waals surface area contributed by atoms with Crippen LogP contribution in [0.2, 0.25) is 0 Å². The lowest BCUT2D eigenvalue weighted by Gasteiger charge is -2.47. The van der Waals surface area contributed by atoms with Crippen molar-refractivity contribution >= 4 is 11.6 Å². The van der Waals surface area contributed by atoms with E-state index in [4.69, 9.17) is 14.9 Å². The van der Waals surface area contributed by atoms with Crippen molar-refractivity contribution in [1.82, 2.24) is 0 Å². The Kier molecular flexibility index (Phi) is 3.51. The van der Waals surface area contributed by atoms with E-state index in [-0.39, 0.29) is 5.69 Å². The first-order valence-electron chi connectivity index (χ1n) is 7.66. The van der Waals surface area contributed by atoms with Gasteiger partial charge in [0.05, 0.1) is 29.0 Å². The molecule has 2 aliphatic heterocycles. The number of hydrogen-bond acceptors (Lipinski definition) is 8. The summed E-state index contributed by atoms with van der Waals surface area (Å²) in [4.78, 5) is 10.3. The van der Waals surface area contributed by atoms with Crippen LogP contribution in [0.25, 0.3) is 0 Å². The third-order valence-electron chi connectivity index (χ3n) is 5.40. The molecule has 1 N–H and O–H groups in total. The minimum absolute atomic E-state index is 0.161. The van der Waals surface area contributed by atoms with Gasteiger partial charge in [-0.1, -0.05) is 6.92 Å².